The van der Waals surface area contributed by atoms with Crippen LogP contribution in [0.2, 0.25) is 0 Å². The van der Waals surface area contributed by atoms with E-state index in [2.05, 4.69) is 20.5 Å². The zero-order chi connectivity index (χ0) is 22.9. The van der Waals surface area contributed by atoms with Crippen molar-refractivity contribution in [1.82, 2.24) is 19.7 Å². The maximum absolute atomic E-state index is 14.8. The highest BCUT2D eigenvalue weighted by atomic mass is 19.1. The molecule has 2 aromatic heterocycles. The molecule has 0 radical (unpaired) electrons. The summed E-state index contributed by atoms with van der Waals surface area (Å²) in [5.74, 6) is -0.975. The lowest BCUT2D eigenvalue weighted by Gasteiger charge is -2.19. The Kier molecular flexibility index (Phi) is 5.29. The Balaban J connectivity index is 1.51. The first-order valence-electron chi connectivity index (χ1n) is 10.7. The van der Waals surface area contributed by atoms with Gasteiger partial charge in [0, 0.05) is 24.9 Å². The lowest BCUT2D eigenvalue weighted by atomic mass is 10.0. The monoisotopic (exact) mass is 447 g/mol. The van der Waals surface area contributed by atoms with Crippen LogP contribution in [0.1, 0.15) is 34.5 Å². The van der Waals surface area contributed by atoms with E-state index < -0.39 is 11.5 Å². The van der Waals surface area contributed by atoms with Gasteiger partial charge >= 0.3 is 5.69 Å². The molecule has 4 N–H and O–H groups in total. The van der Waals surface area contributed by atoms with Crippen molar-refractivity contribution in [1.29, 1.82) is 0 Å². The van der Waals surface area contributed by atoms with Crippen LogP contribution in [0, 0.1) is 5.82 Å². The van der Waals surface area contributed by atoms with Gasteiger partial charge in [0.2, 0.25) is 5.88 Å². The molecule has 1 aliphatic heterocycles. The number of rotatable bonds is 5. The van der Waals surface area contributed by atoms with E-state index in [1.54, 1.807) is 6.07 Å². The van der Waals surface area contributed by atoms with Crippen molar-refractivity contribution in [3.05, 3.63) is 103 Å². The number of hydrogen-bond acceptors (Lipinski definition) is 5. The molecular weight excluding hydrogens is 425 g/mol. The number of aromatic hydroxyl groups is 1. The summed E-state index contributed by atoms with van der Waals surface area (Å²) in [5.41, 5.74) is 2.99. The SMILES string of the molecule is O=c1[nH]nc(Cc2ccc(F)c(-n3c(O)c(Cc4ccccc4)[nH]c3=O)c2)c2c1CCCN2. The smallest absolute Gasteiger partial charge is 0.333 e. The van der Waals surface area contributed by atoms with Crippen LogP contribution in [0.4, 0.5) is 10.1 Å². The molecule has 1 aliphatic rings. The Morgan fingerprint density at radius 2 is 1.88 bits per heavy atom. The van der Waals surface area contributed by atoms with E-state index in [1.165, 1.54) is 12.1 Å². The molecule has 0 aliphatic carbocycles. The van der Waals surface area contributed by atoms with Crippen molar-refractivity contribution in [3.63, 3.8) is 0 Å². The van der Waals surface area contributed by atoms with Gasteiger partial charge in [0.05, 0.1) is 22.8 Å². The third-order valence-electron chi connectivity index (χ3n) is 5.85. The van der Waals surface area contributed by atoms with Gasteiger partial charge in [-0.05, 0) is 36.1 Å². The second-order valence-corrected chi connectivity index (χ2v) is 8.08. The predicted molar refractivity (Wildman–Crippen MR) is 122 cm³/mol. The van der Waals surface area contributed by atoms with E-state index >= 15 is 0 Å². The Bertz CT molecular complexity index is 1440. The molecule has 9 heteroatoms. The number of halogens is 1. The number of aromatic nitrogens is 4. The highest BCUT2D eigenvalue weighted by Crippen LogP contribution is 2.27. The van der Waals surface area contributed by atoms with Crippen LogP contribution in [0.15, 0.2) is 58.1 Å². The number of anilines is 1. The van der Waals surface area contributed by atoms with Gasteiger partial charge in [-0.15, -0.1) is 0 Å². The Hall–Kier alpha value is -4.14. The number of hydrogen-bond donors (Lipinski definition) is 4. The molecule has 0 bridgehead atoms. The van der Waals surface area contributed by atoms with Crippen molar-refractivity contribution in [3.8, 4) is 11.6 Å². The summed E-state index contributed by atoms with van der Waals surface area (Å²) < 4.78 is 15.7. The van der Waals surface area contributed by atoms with Crippen molar-refractivity contribution in [2.75, 3.05) is 11.9 Å². The van der Waals surface area contributed by atoms with Crippen LogP contribution in [-0.2, 0) is 19.3 Å². The van der Waals surface area contributed by atoms with Crippen LogP contribution in [-0.4, -0.2) is 31.4 Å². The number of H-pyrrole nitrogens is 2. The van der Waals surface area contributed by atoms with Gasteiger partial charge in [0.1, 0.15) is 5.82 Å². The molecule has 8 nitrogen and oxygen atoms in total. The molecular formula is C24H22FN5O3. The van der Waals surface area contributed by atoms with Gasteiger partial charge in [-0.25, -0.2) is 18.9 Å². The predicted octanol–water partition coefficient (Wildman–Crippen LogP) is 2.63. The number of benzene rings is 2. The largest absolute Gasteiger partial charge is 0.493 e. The fraction of sp³-hybridized carbons (Fsp3) is 0.208. The molecule has 0 atom stereocenters. The molecule has 4 aromatic rings. The van der Waals surface area contributed by atoms with E-state index in [1.807, 2.05) is 30.3 Å². The van der Waals surface area contributed by atoms with E-state index in [-0.39, 0.29) is 17.1 Å². The van der Waals surface area contributed by atoms with E-state index in [0.717, 1.165) is 23.1 Å². The number of fused-ring (bicyclic) bond motifs is 1. The average molecular weight is 447 g/mol. The van der Waals surface area contributed by atoms with Gasteiger partial charge in [0.15, 0.2) is 0 Å². The van der Waals surface area contributed by atoms with Gasteiger partial charge in [-0.1, -0.05) is 36.4 Å². The van der Waals surface area contributed by atoms with Gasteiger partial charge in [-0.3, -0.25) is 4.79 Å². The quantitative estimate of drug-likeness (QED) is 0.375. The normalized spacial score (nSPS) is 12.9. The van der Waals surface area contributed by atoms with Crippen LogP contribution in [0.25, 0.3) is 5.69 Å². The van der Waals surface area contributed by atoms with Gasteiger partial charge in [0.25, 0.3) is 5.56 Å². The third-order valence-corrected chi connectivity index (χ3v) is 5.85. The topological polar surface area (TPSA) is 116 Å². The maximum atomic E-state index is 14.8. The minimum absolute atomic E-state index is 0.0585. The highest BCUT2D eigenvalue weighted by Gasteiger charge is 2.20. The molecule has 5 rings (SSSR count). The van der Waals surface area contributed by atoms with Crippen LogP contribution < -0.4 is 16.6 Å². The third kappa shape index (κ3) is 3.93. The number of nitrogens with zero attached hydrogens (tertiary/aromatic N) is 2. The first-order chi connectivity index (χ1) is 16.0. The standard InChI is InChI=1S/C24H22FN5O3/c25-17-9-8-15(12-18-21-16(7-4-10-26-21)22(31)29-28-18)13-20(17)30-23(32)19(27-24(30)33)11-14-5-2-1-3-6-14/h1-3,5-6,8-9,13,26,32H,4,7,10-12H2,(H,27,33)(H,29,31). The molecule has 0 amide bonds. The van der Waals surface area contributed by atoms with E-state index in [0.29, 0.717) is 47.5 Å². The minimum atomic E-state index is -0.643. The average Bonchev–Trinajstić information content (AvgIpc) is 3.10. The second-order valence-electron chi connectivity index (χ2n) is 8.08. The van der Waals surface area contributed by atoms with E-state index in [9.17, 15) is 19.1 Å². The van der Waals surface area contributed by atoms with Crippen molar-refractivity contribution < 1.29 is 9.50 Å². The number of aromatic amines is 2. The number of nitrogens with one attached hydrogen (secondary N) is 3. The Labute approximate surface area is 187 Å². The van der Waals surface area contributed by atoms with Crippen LogP contribution in [0.5, 0.6) is 5.88 Å². The summed E-state index contributed by atoms with van der Waals surface area (Å²) in [7, 11) is 0. The van der Waals surface area contributed by atoms with Crippen molar-refractivity contribution in [2.24, 2.45) is 0 Å². The fourth-order valence-corrected chi connectivity index (χ4v) is 4.23. The number of imidazole rings is 1. The summed E-state index contributed by atoms with van der Waals surface area (Å²) in [6.07, 6.45) is 2.14. The summed E-state index contributed by atoms with van der Waals surface area (Å²) in [4.78, 5) is 27.3. The summed E-state index contributed by atoms with van der Waals surface area (Å²) >= 11 is 0. The summed E-state index contributed by atoms with van der Waals surface area (Å²) in [6.45, 7) is 0.747. The first kappa shape index (κ1) is 20.7. The molecule has 3 heterocycles. The molecule has 33 heavy (non-hydrogen) atoms. The van der Waals surface area contributed by atoms with E-state index in [4.69, 9.17) is 0 Å². The summed E-state index contributed by atoms with van der Waals surface area (Å²) in [5, 5.41) is 20.7. The molecule has 0 saturated heterocycles. The second kappa shape index (κ2) is 8.42. The summed E-state index contributed by atoms with van der Waals surface area (Å²) in [6, 6.07) is 13.7. The maximum Gasteiger partial charge on any atom is 0.333 e. The van der Waals surface area contributed by atoms with Gasteiger partial charge in [-0.2, -0.15) is 5.10 Å². The zero-order valence-corrected chi connectivity index (χ0v) is 17.7. The molecule has 0 fully saturated rings. The Morgan fingerprint density at radius 3 is 2.70 bits per heavy atom. The molecule has 168 valence electrons. The molecule has 0 saturated carbocycles. The lowest BCUT2D eigenvalue weighted by molar-refractivity contribution is 0.432. The minimum Gasteiger partial charge on any atom is -0.493 e. The Morgan fingerprint density at radius 1 is 1.06 bits per heavy atom. The fourth-order valence-electron chi connectivity index (χ4n) is 4.23. The van der Waals surface area contributed by atoms with Crippen LogP contribution in [0.3, 0.4) is 0 Å². The van der Waals surface area contributed by atoms with Crippen LogP contribution >= 0.6 is 0 Å². The lowest BCUT2D eigenvalue weighted by Crippen LogP contribution is -2.25. The van der Waals surface area contributed by atoms with Crippen molar-refractivity contribution in [2.45, 2.75) is 25.7 Å². The molecule has 0 unspecified atom stereocenters. The molecule has 0 spiro atoms. The van der Waals surface area contributed by atoms with Crippen molar-refractivity contribution >= 4 is 5.69 Å². The molecule has 2 aromatic carbocycles. The zero-order valence-electron chi connectivity index (χ0n) is 17.7. The first-order valence-corrected chi connectivity index (χ1v) is 10.7. The highest BCUT2D eigenvalue weighted by molar-refractivity contribution is 5.57. The van der Waals surface area contributed by atoms with Gasteiger partial charge < -0.3 is 15.4 Å².